The minimum atomic E-state index is -0.0801. The van der Waals surface area contributed by atoms with Gasteiger partial charge in [0.05, 0.1) is 4.88 Å². The van der Waals surface area contributed by atoms with Crippen molar-refractivity contribution >= 4 is 23.2 Å². The maximum absolute atomic E-state index is 12.9. The molecule has 0 radical (unpaired) electrons. The molecule has 1 fully saturated rings. The lowest BCUT2D eigenvalue weighted by atomic mass is 10.2. The topological polar surface area (TPSA) is 49.4 Å². The molecule has 0 spiro atoms. The maximum Gasteiger partial charge on any atom is 0.264 e. The molecule has 2 amide bonds. The maximum atomic E-state index is 12.9. The predicted octanol–water partition coefficient (Wildman–Crippen LogP) is 3.76. The van der Waals surface area contributed by atoms with Crippen molar-refractivity contribution < 1.29 is 9.59 Å². The third kappa shape index (κ3) is 4.92. The number of thiophene rings is 1. The van der Waals surface area contributed by atoms with Crippen molar-refractivity contribution in [1.29, 1.82) is 0 Å². The van der Waals surface area contributed by atoms with Crippen LogP contribution in [-0.4, -0.2) is 29.3 Å². The molecule has 1 aliphatic carbocycles. The number of carbonyl (C=O) groups is 2. The van der Waals surface area contributed by atoms with E-state index in [0.717, 1.165) is 23.3 Å². The van der Waals surface area contributed by atoms with Gasteiger partial charge in [0.25, 0.3) is 5.91 Å². The van der Waals surface area contributed by atoms with Crippen molar-refractivity contribution in [3.8, 4) is 0 Å². The van der Waals surface area contributed by atoms with Gasteiger partial charge in [-0.3, -0.25) is 9.59 Å². The highest BCUT2D eigenvalue weighted by Crippen LogP contribution is 2.20. The van der Waals surface area contributed by atoms with Crippen LogP contribution in [0.4, 0.5) is 0 Å². The summed E-state index contributed by atoms with van der Waals surface area (Å²) in [4.78, 5) is 28.8. The number of nitrogens with one attached hydrogen (secondary N) is 1. The summed E-state index contributed by atoms with van der Waals surface area (Å²) in [6.45, 7) is 2.52. The molecule has 0 bridgehead atoms. The second-order valence-corrected chi connectivity index (χ2v) is 7.89. The molecule has 1 saturated carbocycles. The Kier molecular flexibility index (Phi) is 5.87. The van der Waals surface area contributed by atoms with Gasteiger partial charge in [-0.1, -0.05) is 43.2 Å². The van der Waals surface area contributed by atoms with Crippen LogP contribution >= 0.6 is 11.3 Å². The van der Waals surface area contributed by atoms with E-state index in [1.165, 1.54) is 24.2 Å². The SMILES string of the molecule is Cc1ccc(C(=O)N(CC(=O)NC2CCCC2)Cc2ccccc2)s1. The van der Waals surface area contributed by atoms with Crippen molar-refractivity contribution in [3.05, 3.63) is 57.8 Å². The zero-order chi connectivity index (χ0) is 17.6. The van der Waals surface area contributed by atoms with Crippen molar-refractivity contribution in [2.75, 3.05) is 6.54 Å². The minimum absolute atomic E-state index is 0.0653. The molecule has 1 aliphatic rings. The molecule has 1 N–H and O–H groups in total. The Morgan fingerprint density at radius 1 is 1.12 bits per heavy atom. The van der Waals surface area contributed by atoms with Gasteiger partial charge in [-0.25, -0.2) is 0 Å². The fourth-order valence-electron chi connectivity index (χ4n) is 3.23. The fraction of sp³-hybridized carbons (Fsp3) is 0.400. The molecular weight excluding hydrogens is 332 g/mol. The van der Waals surface area contributed by atoms with Gasteiger partial charge in [-0.05, 0) is 37.5 Å². The van der Waals surface area contributed by atoms with Crippen LogP contribution in [-0.2, 0) is 11.3 Å². The van der Waals surface area contributed by atoms with Crippen LogP contribution in [0.1, 0.15) is 45.8 Å². The van der Waals surface area contributed by atoms with E-state index in [-0.39, 0.29) is 24.4 Å². The van der Waals surface area contributed by atoms with E-state index in [4.69, 9.17) is 0 Å². The molecule has 3 rings (SSSR count). The smallest absolute Gasteiger partial charge is 0.264 e. The lowest BCUT2D eigenvalue weighted by Crippen LogP contribution is -2.43. The largest absolute Gasteiger partial charge is 0.352 e. The van der Waals surface area contributed by atoms with Crippen LogP contribution in [0.5, 0.6) is 0 Å². The van der Waals surface area contributed by atoms with Gasteiger partial charge in [-0.15, -0.1) is 11.3 Å². The van der Waals surface area contributed by atoms with Gasteiger partial charge in [-0.2, -0.15) is 0 Å². The summed E-state index contributed by atoms with van der Waals surface area (Å²) in [6, 6.07) is 13.9. The summed E-state index contributed by atoms with van der Waals surface area (Å²) in [5.41, 5.74) is 1.03. The summed E-state index contributed by atoms with van der Waals surface area (Å²) in [7, 11) is 0. The molecule has 5 heteroatoms. The van der Waals surface area contributed by atoms with Crippen LogP contribution in [0.3, 0.4) is 0 Å². The highest BCUT2D eigenvalue weighted by Gasteiger charge is 2.23. The number of hydrogen-bond donors (Lipinski definition) is 1. The third-order valence-electron chi connectivity index (χ3n) is 4.51. The Morgan fingerprint density at radius 2 is 1.84 bits per heavy atom. The molecule has 0 atom stereocenters. The van der Waals surface area contributed by atoms with E-state index in [1.807, 2.05) is 49.4 Å². The monoisotopic (exact) mass is 356 g/mol. The number of benzene rings is 1. The van der Waals surface area contributed by atoms with E-state index >= 15 is 0 Å². The first-order valence-corrected chi connectivity index (χ1v) is 9.62. The van der Waals surface area contributed by atoms with Crippen LogP contribution in [0, 0.1) is 6.92 Å². The van der Waals surface area contributed by atoms with Crippen LogP contribution in [0.25, 0.3) is 0 Å². The summed E-state index contributed by atoms with van der Waals surface area (Å²) in [6.07, 6.45) is 4.43. The molecule has 132 valence electrons. The lowest BCUT2D eigenvalue weighted by Gasteiger charge is -2.23. The number of amides is 2. The molecule has 4 nitrogen and oxygen atoms in total. The van der Waals surface area contributed by atoms with Gasteiger partial charge < -0.3 is 10.2 Å². The van der Waals surface area contributed by atoms with Crippen molar-refractivity contribution in [3.63, 3.8) is 0 Å². The summed E-state index contributed by atoms with van der Waals surface area (Å²) >= 11 is 1.47. The van der Waals surface area contributed by atoms with E-state index in [9.17, 15) is 9.59 Å². The first-order chi connectivity index (χ1) is 12.1. The lowest BCUT2D eigenvalue weighted by molar-refractivity contribution is -0.122. The quantitative estimate of drug-likeness (QED) is 0.857. The number of hydrogen-bond acceptors (Lipinski definition) is 3. The number of carbonyl (C=O) groups excluding carboxylic acids is 2. The summed E-state index contributed by atoms with van der Waals surface area (Å²) < 4.78 is 0. The molecule has 2 aromatic rings. The highest BCUT2D eigenvalue weighted by molar-refractivity contribution is 7.13. The molecule has 1 heterocycles. The average Bonchev–Trinajstić information content (AvgIpc) is 3.26. The summed E-state index contributed by atoms with van der Waals surface area (Å²) in [5, 5.41) is 3.08. The Bertz CT molecular complexity index is 720. The molecule has 0 unspecified atom stereocenters. The molecule has 1 aromatic heterocycles. The van der Waals surface area contributed by atoms with Gasteiger partial charge in [0.1, 0.15) is 6.54 Å². The fourth-order valence-corrected chi connectivity index (χ4v) is 4.06. The number of nitrogens with zero attached hydrogens (tertiary/aromatic N) is 1. The van der Waals surface area contributed by atoms with Crippen molar-refractivity contribution in [2.45, 2.75) is 45.2 Å². The molecule has 0 saturated heterocycles. The van der Waals surface area contributed by atoms with Gasteiger partial charge in [0, 0.05) is 17.5 Å². The van der Waals surface area contributed by atoms with Crippen LogP contribution in [0.15, 0.2) is 42.5 Å². The Balaban J connectivity index is 1.71. The first-order valence-electron chi connectivity index (χ1n) is 8.81. The predicted molar refractivity (Wildman–Crippen MR) is 101 cm³/mol. The Morgan fingerprint density at radius 3 is 2.48 bits per heavy atom. The third-order valence-corrected chi connectivity index (χ3v) is 5.50. The van der Waals surface area contributed by atoms with E-state index in [0.29, 0.717) is 11.4 Å². The molecule has 1 aromatic carbocycles. The van der Waals surface area contributed by atoms with E-state index in [1.54, 1.807) is 4.90 Å². The Hall–Kier alpha value is -2.14. The van der Waals surface area contributed by atoms with Gasteiger partial charge >= 0.3 is 0 Å². The van der Waals surface area contributed by atoms with E-state index in [2.05, 4.69) is 5.32 Å². The zero-order valence-electron chi connectivity index (χ0n) is 14.5. The van der Waals surface area contributed by atoms with Gasteiger partial charge in [0.15, 0.2) is 0 Å². The normalized spacial score (nSPS) is 14.4. The minimum Gasteiger partial charge on any atom is -0.352 e. The van der Waals surface area contributed by atoms with Crippen molar-refractivity contribution in [2.24, 2.45) is 0 Å². The standard InChI is InChI=1S/C20H24N2O2S/c1-15-11-12-18(25-15)20(24)22(13-16-7-3-2-4-8-16)14-19(23)21-17-9-5-6-10-17/h2-4,7-8,11-12,17H,5-6,9-10,13-14H2,1H3,(H,21,23). The van der Waals surface area contributed by atoms with Crippen LogP contribution in [0.2, 0.25) is 0 Å². The van der Waals surface area contributed by atoms with Crippen molar-refractivity contribution in [1.82, 2.24) is 10.2 Å². The highest BCUT2D eigenvalue weighted by atomic mass is 32.1. The number of aryl methyl sites for hydroxylation is 1. The second-order valence-electron chi connectivity index (χ2n) is 6.61. The molecule has 0 aliphatic heterocycles. The zero-order valence-corrected chi connectivity index (χ0v) is 15.3. The second kappa shape index (κ2) is 8.30. The van der Waals surface area contributed by atoms with Gasteiger partial charge in [0.2, 0.25) is 5.91 Å². The first kappa shape index (κ1) is 17.7. The Labute approximate surface area is 152 Å². The molecule has 25 heavy (non-hydrogen) atoms. The van der Waals surface area contributed by atoms with E-state index < -0.39 is 0 Å². The summed E-state index contributed by atoms with van der Waals surface area (Å²) in [5.74, 6) is -0.145. The molecular formula is C20H24N2O2S. The number of rotatable bonds is 6. The average molecular weight is 356 g/mol. The van der Waals surface area contributed by atoms with Crippen LogP contribution < -0.4 is 5.32 Å².